The number of nitrogens with zero attached hydrogens (tertiary/aromatic N) is 2. The van der Waals surface area contributed by atoms with Crippen LogP contribution >= 0.6 is 11.6 Å². The van der Waals surface area contributed by atoms with Crippen LogP contribution in [0.4, 0.5) is 0 Å². The lowest BCUT2D eigenvalue weighted by molar-refractivity contribution is 0.301. The zero-order valence-electron chi connectivity index (χ0n) is 10.5. The third kappa shape index (κ3) is 2.44. The predicted octanol–water partition coefficient (Wildman–Crippen LogP) is 2.98. The number of halogens is 1. The molecule has 2 N–H and O–H groups in total. The Hall–Kier alpha value is -1.57. The molecule has 0 saturated heterocycles. The summed E-state index contributed by atoms with van der Waals surface area (Å²) in [6, 6.07) is 3.91. The average molecular weight is 275 g/mol. The Morgan fingerprint density at radius 1 is 1.53 bits per heavy atom. The molecule has 2 aromatic heterocycles. The number of hydrogen-bond donors (Lipinski definition) is 2. The molecule has 0 aromatic carbocycles. The molecular formula is C14H15ClN4. The van der Waals surface area contributed by atoms with E-state index in [-0.39, 0.29) is 0 Å². The zero-order valence-corrected chi connectivity index (χ0v) is 11.3. The van der Waals surface area contributed by atoms with E-state index in [9.17, 15) is 0 Å². The number of fused-ring (bicyclic) bond motifs is 1. The quantitative estimate of drug-likeness (QED) is 0.901. The van der Waals surface area contributed by atoms with Crippen molar-refractivity contribution in [2.75, 3.05) is 6.54 Å². The number of pyridine rings is 1. The molecule has 0 atom stereocenters. The van der Waals surface area contributed by atoms with Crippen LogP contribution in [0.1, 0.15) is 30.5 Å². The summed E-state index contributed by atoms with van der Waals surface area (Å²) in [4.78, 5) is 7.36. The summed E-state index contributed by atoms with van der Waals surface area (Å²) in [6.45, 7) is 1.78. The summed E-state index contributed by atoms with van der Waals surface area (Å²) in [6.07, 6.45) is 5.74. The second kappa shape index (κ2) is 5.20. The van der Waals surface area contributed by atoms with E-state index in [1.54, 1.807) is 6.20 Å². The molecule has 4 nitrogen and oxygen atoms in total. The van der Waals surface area contributed by atoms with E-state index in [0.717, 1.165) is 30.1 Å². The first-order chi connectivity index (χ1) is 9.28. The van der Waals surface area contributed by atoms with E-state index >= 15 is 0 Å². The Bertz CT molecular complexity index is 637. The maximum atomic E-state index is 9.02. The van der Waals surface area contributed by atoms with Crippen molar-refractivity contribution in [3.05, 3.63) is 28.5 Å². The molecule has 1 fully saturated rings. The van der Waals surface area contributed by atoms with Gasteiger partial charge in [-0.1, -0.05) is 18.0 Å². The lowest BCUT2D eigenvalue weighted by Crippen LogP contribution is -2.27. The molecule has 0 aliphatic heterocycles. The maximum absolute atomic E-state index is 9.02. The molecule has 2 heterocycles. The fraction of sp³-hybridized carbons (Fsp3) is 0.429. The van der Waals surface area contributed by atoms with E-state index in [2.05, 4.69) is 21.4 Å². The first-order valence-electron chi connectivity index (χ1n) is 6.55. The molecular weight excluding hydrogens is 260 g/mol. The molecule has 0 bridgehead atoms. The highest BCUT2D eigenvalue weighted by atomic mass is 35.5. The Labute approximate surface area is 116 Å². The van der Waals surface area contributed by atoms with Gasteiger partial charge in [-0.2, -0.15) is 5.26 Å². The van der Waals surface area contributed by atoms with Gasteiger partial charge in [0.05, 0.1) is 10.5 Å². The van der Waals surface area contributed by atoms with Crippen molar-refractivity contribution >= 4 is 22.6 Å². The van der Waals surface area contributed by atoms with Crippen LogP contribution in [0, 0.1) is 17.2 Å². The van der Waals surface area contributed by atoms with Gasteiger partial charge in [-0.05, 0) is 36.9 Å². The summed E-state index contributed by atoms with van der Waals surface area (Å²) in [7, 11) is 0. The predicted molar refractivity (Wildman–Crippen MR) is 74.9 cm³/mol. The number of nitrogens with one attached hydrogen (secondary N) is 2. The van der Waals surface area contributed by atoms with Crippen LogP contribution in [0.5, 0.6) is 0 Å². The topological polar surface area (TPSA) is 64.5 Å². The number of rotatable bonds is 4. The molecule has 1 aliphatic carbocycles. The van der Waals surface area contributed by atoms with Crippen LogP contribution in [0.3, 0.4) is 0 Å². The number of aromatic nitrogens is 2. The van der Waals surface area contributed by atoms with Crippen molar-refractivity contribution in [3.8, 4) is 6.07 Å². The van der Waals surface area contributed by atoms with Gasteiger partial charge in [-0.3, -0.25) is 0 Å². The van der Waals surface area contributed by atoms with Crippen LogP contribution in [0.25, 0.3) is 11.0 Å². The van der Waals surface area contributed by atoms with Crippen molar-refractivity contribution in [1.82, 2.24) is 15.3 Å². The third-order valence-electron chi connectivity index (χ3n) is 3.76. The second-order valence-electron chi connectivity index (χ2n) is 5.07. The summed E-state index contributed by atoms with van der Waals surface area (Å²) < 4.78 is 0. The third-order valence-corrected chi connectivity index (χ3v) is 4.05. The first kappa shape index (κ1) is 12.5. The zero-order chi connectivity index (χ0) is 13.2. The van der Waals surface area contributed by atoms with Crippen LogP contribution in [0.15, 0.2) is 12.3 Å². The monoisotopic (exact) mass is 274 g/mol. The summed E-state index contributed by atoms with van der Waals surface area (Å²) >= 11 is 6.07. The largest absolute Gasteiger partial charge is 0.358 e. The Balaban J connectivity index is 1.82. The molecule has 3 rings (SSSR count). The van der Waals surface area contributed by atoms with Gasteiger partial charge in [0.2, 0.25) is 0 Å². The highest BCUT2D eigenvalue weighted by Gasteiger charge is 2.17. The molecule has 1 saturated carbocycles. The molecule has 2 aromatic rings. The van der Waals surface area contributed by atoms with Gasteiger partial charge in [-0.15, -0.1) is 0 Å². The number of H-pyrrole nitrogens is 1. The van der Waals surface area contributed by atoms with E-state index in [0.29, 0.717) is 16.2 Å². The fourth-order valence-corrected chi connectivity index (χ4v) is 2.63. The van der Waals surface area contributed by atoms with Gasteiger partial charge in [0.1, 0.15) is 17.3 Å². The van der Waals surface area contributed by atoms with E-state index < -0.39 is 0 Å². The number of nitriles is 1. The summed E-state index contributed by atoms with van der Waals surface area (Å²) in [5.74, 6) is 0.819. The number of aromatic amines is 1. The average Bonchev–Trinajstić information content (AvgIpc) is 2.74. The summed E-state index contributed by atoms with van der Waals surface area (Å²) in [5, 5.41) is 13.0. The van der Waals surface area contributed by atoms with E-state index in [4.69, 9.17) is 16.9 Å². The molecule has 0 unspecified atom stereocenters. The Morgan fingerprint density at radius 3 is 3.05 bits per heavy atom. The molecule has 98 valence electrons. The molecule has 0 radical (unpaired) electrons. The van der Waals surface area contributed by atoms with Gasteiger partial charge in [0.15, 0.2) is 0 Å². The van der Waals surface area contributed by atoms with Crippen molar-refractivity contribution in [2.45, 2.75) is 25.8 Å². The molecule has 0 amide bonds. The van der Waals surface area contributed by atoms with Crippen LogP contribution < -0.4 is 5.32 Å². The van der Waals surface area contributed by atoms with Crippen molar-refractivity contribution in [1.29, 1.82) is 5.26 Å². The molecule has 19 heavy (non-hydrogen) atoms. The van der Waals surface area contributed by atoms with Gasteiger partial charge < -0.3 is 10.3 Å². The SMILES string of the molecule is N#Cc1cc(CNCC2CCC2)c2[nH]cc(Cl)c2n1. The fourth-order valence-electron chi connectivity index (χ4n) is 2.44. The van der Waals surface area contributed by atoms with Gasteiger partial charge in [0, 0.05) is 12.7 Å². The molecule has 0 spiro atoms. The Kier molecular flexibility index (Phi) is 3.41. The maximum Gasteiger partial charge on any atom is 0.141 e. The van der Waals surface area contributed by atoms with E-state index in [1.807, 2.05) is 6.07 Å². The van der Waals surface area contributed by atoms with Gasteiger partial charge in [-0.25, -0.2) is 4.98 Å². The lowest BCUT2D eigenvalue weighted by Gasteiger charge is -2.25. The standard InChI is InChI=1S/C14H15ClN4/c15-12-8-18-13-10(4-11(5-16)19-14(12)13)7-17-6-9-2-1-3-9/h4,8-9,17-18H,1-3,6-7H2. The minimum Gasteiger partial charge on any atom is -0.358 e. The van der Waals surface area contributed by atoms with Crippen molar-refractivity contribution < 1.29 is 0 Å². The molecule has 5 heteroatoms. The first-order valence-corrected chi connectivity index (χ1v) is 6.93. The number of hydrogen-bond acceptors (Lipinski definition) is 3. The Morgan fingerprint density at radius 2 is 2.37 bits per heavy atom. The lowest BCUT2D eigenvalue weighted by atomic mass is 9.85. The smallest absolute Gasteiger partial charge is 0.141 e. The van der Waals surface area contributed by atoms with Crippen LogP contribution in [-0.2, 0) is 6.54 Å². The van der Waals surface area contributed by atoms with Crippen molar-refractivity contribution in [3.63, 3.8) is 0 Å². The van der Waals surface area contributed by atoms with Gasteiger partial charge >= 0.3 is 0 Å². The van der Waals surface area contributed by atoms with Crippen LogP contribution in [-0.4, -0.2) is 16.5 Å². The molecule has 1 aliphatic rings. The second-order valence-corrected chi connectivity index (χ2v) is 5.47. The van der Waals surface area contributed by atoms with Gasteiger partial charge in [0.25, 0.3) is 0 Å². The summed E-state index contributed by atoms with van der Waals surface area (Å²) in [5.41, 5.74) is 3.06. The minimum atomic E-state index is 0.412. The van der Waals surface area contributed by atoms with Crippen molar-refractivity contribution in [2.24, 2.45) is 5.92 Å². The highest BCUT2D eigenvalue weighted by Crippen LogP contribution is 2.26. The van der Waals surface area contributed by atoms with Crippen LogP contribution in [0.2, 0.25) is 5.02 Å². The highest BCUT2D eigenvalue weighted by molar-refractivity contribution is 6.35. The normalized spacial score (nSPS) is 15.4. The minimum absolute atomic E-state index is 0.412. The van der Waals surface area contributed by atoms with E-state index in [1.165, 1.54) is 19.3 Å².